The molecule has 2 saturated carbocycles. The molecule has 0 amide bonds. The van der Waals surface area contributed by atoms with E-state index < -0.39 is 0 Å². The summed E-state index contributed by atoms with van der Waals surface area (Å²) in [5.74, 6) is -0.00315. The lowest BCUT2D eigenvalue weighted by Crippen LogP contribution is -2.43. The Hall–Kier alpha value is -0.570. The van der Waals surface area contributed by atoms with Crippen molar-refractivity contribution in [1.29, 1.82) is 0 Å². The highest BCUT2D eigenvalue weighted by Crippen LogP contribution is 2.37. The van der Waals surface area contributed by atoms with Crippen LogP contribution in [0, 0.1) is 5.41 Å². The number of hydrogen-bond donors (Lipinski definition) is 1. The molecule has 0 aromatic rings. The predicted octanol–water partition coefficient (Wildman–Crippen LogP) is 3.16. The summed E-state index contributed by atoms with van der Waals surface area (Å²) in [5.41, 5.74) is 5.52. The second kappa shape index (κ2) is 6.55. The number of ether oxygens (including phenoxy) is 1. The Morgan fingerprint density at radius 2 is 1.56 bits per heavy atom. The van der Waals surface area contributed by atoms with E-state index in [4.69, 9.17) is 10.5 Å². The highest BCUT2D eigenvalue weighted by Gasteiger charge is 2.40. The van der Waals surface area contributed by atoms with E-state index in [0.717, 1.165) is 38.5 Å². The molecular formula is C15H27NO2. The molecule has 2 rings (SSSR count). The molecule has 0 bridgehead atoms. The first-order chi connectivity index (χ1) is 8.77. The molecule has 104 valence electrons. The Morgan fingerprint density at radius 1 is 1.00 bits per heavy atom. The maximum absolute atomic E-state index is 12.4. The van der Waals surface area contributed by atoms with Crippen molar-refractivity contribution in [1.82, 2.24) is 0 Å². The first kappa shape index (κ1) is 13.9. The van der Waals surface area contributed by atoms with E-state index in [1.165, 1.54) is 32.1 Å². The molecule has 18 heavy (non-hydrogen) atoms. The van der Waals surface area contributed by atoms with Gasteiger partial charge < -0.3 is 10.5 Å². The maximum atomic E-state index is 12.4. The van der Waals surface area contributed by atoms with Gasteiger partial charge in [0.25, 0.3) is 0 Å². The van der Waals surface area contributed by atoms with Gasteiger partial charge in [0.15, 0.2) is 0 Å². The Kier molecular flexibility index (Phi) is 5.04. The largest absolute Gasteiger partial charge is 0.462 e. The van der Waals surface area contributed by atoms with Gasteiger partial charge in [0.2, 0.25) is 0 Å². The van der Waals surface area contributed by atoms with Gasteiger partial charge >= 0.3 is 5.97 Å². The van der Waals surface area contributed by atoms with Gasteiger partial charge in [-0.15, -0.1) is 0 Å². The molecule has 0 atom stereocenters. The molecule has 0 aromatic heterocycles. The number of esters is 1. The molecule has 0 saturated heterocycles. The molecule has 0 spiro atoms. The van der Waals surface area contributed by atoms with E-state index in [1.807, 2.05) is 0 Å². The van der Waals surface area contributed by atoms with Crippen LogP contribution in [0.1, 0.15) is 70.6 Å². The SMILES string of the molecule is NCC1(C(=O)OC2CCCCCC2)CCCCC1. The van der Waals surface area contributed by atoms with Crippen LogP contribution < -0.4 is 5.73 Å². The summed E-state index contributed by atoms with van der Waals surface area (Å²) in [5, 5.41) is 0. The van der Waals surface area contributed by atoms with Crippen molar-refractivity contribution in [2.75, 3.05) is 6.54 Å². The summed E-state index contributed by atoms with van der Waals surface area (Å²) < 4.78 is 5.79. The van der Waals surface area contributed by atoms with Gasteiger partial charge in [-0.2, -0.15) is 0 Å². The van der Waals surface area contributed by atoms with Gasteiger partial charge in [-0.1, -0.05) is 32.1 Å². The molecule has 2 N–H and O–H groups in total. The van der Waals surface area contributed by atoms with Crippen molar-refractivity contribution in [3.05, 3.63) is 0 Å². The normalized spacial score (nSPS) is 25.4. The Bertz CT molecular complexity index is 264. The highest BCUT2D eigenvalue weighted by atomic mass is 16.5. The number of carbonyl (C=O) groups is 1. The maximum Gasteiger partial charge on any atom is 0.313 e. The van der Waals surface area contributed by atoms with Crippen molar-refractivity contribution < 1.29 is 9.53 Å². The summed E-state index contributed by atoms with van der Waals surface area (Å²) in [6.45, 7) is 0.457. The van der Waals surface area contributed by atoms with Gasteiger partial charge in [-0.05, 0) is 38.5 Å². The smallest absolute Gasteiger partial charge is 0.313 e. The molecule has 2 aliphatic carbocycles. The average molecular weight is 253 g/mol. The number of carbonyl (C=O) groups excluding carboxylic acids is 1. The minimum atomic E-state index is -0.357. The van der Waals surface area contributed by atoms with E-state index in [1.54, 1.807) is 0 Å². The third-order valence-electron chi connectivity index (χ3n) is 4.71. The third-order valence-corrected chi connectivity index (χ3v) is 4.71. The second-order valence-corrected chi connectivity index (χ2v) is 6.06. The lowest BCUT2D eigenvalue weighted by Gasteiger charge is -2.35. The molecule has 0 aliphatic heterocycles. The van der Waals surface area contributed by atoms with Crippen LogP contribution in [0.2, 0.25) is 0 Å². The molecule has 0 radical (unpaired) electrons. The van der Waals surface area contributed by atoms with E-state index in [0.29, 0.717) is 6.54 Å². The van der Waals surface area contributed by atoms with Crippen LogP contribution in [0.4, 0.5) is 0 Å². The summed E-state index contributed by atoms with van der Waals surface area (Å²) in [4.78, 5) is 12.4. The topological polar surface area (TPSA) is 52.3 Å². The average Bonchev–Trinajstić information content (AvgIpc) is 2.68. The predicted molar refractivity (Wildman–Crippen MR) is 72.2 cm³/mol. The molecule has 2 fully saturated rings. The second-order valence-electron chi connectivity index (χ2n) is 6.06. The Labute approximate surface area is 110 Å². The molecule has 3 heteroatoms. The van der Waals surface area contributed by atoms with Crippen LogP contribution in [0.5, 0.6) is 0 Å². The third kappa shape index (κ3) is 3.25. The lowest BCUT2D eigenvalue weighted by atomic mass is 9.74. The van der Waals surface area contributed by atoms with Crippen molar-refractivity contribution in [3.8, 4) is 0 Å². The molecule has 0 aromatic carbocycles. The van der Waals surface area contributed by atoms with Gasteiger partial charge in [0.1, 0.15) is 6.10 Å². The first-order valence-electron chi connectivity index (χ1n) is 7.68. The summed E-state index contributed by atoms with van der Waals surface area (Å²) >= 11 is 0. The van der Waals surface area contributed by atoms with E-state index >= 15 is 0 Å². The van der Waals surface area contributed by atoms with Crippen LogP contribution >= 0.6 is 0 Å². The highest BCUT2D eigenvalue weighted by molar-refractivity contribution is 5.77. The van der Waals surface area contributed by atoms with Crippen LogP contribution in [0.15, 0.2) is 0 Å². The van der Waals surface area contributed by atoms with Gasteiger partial charge in [0, 0.05) is 6.54 Å². The fourth-order valence-electron chi connectivity index (χ4n) is 3.36. The zero-order valence-electron chi connectivity index (χ0n) is 11.5. The number of rotatable bonds is 3. The standard InChI is InChI=1S/C15H27NO2/c16-12-15(10-6-3-7-11-15)14(17)18-13-8-4-1-2-5-9-13/h13H,1-12,16H2. The van der Waals surface area contributed by atoms with Crippen molar-refractivity contribution in [2.45, 2.75) is 76.7 Å². The first-order valence-corrected chi connectivity index (χ1v) is 7.68. The molecule has 3 nitrogen and oxygen atoms in total. The molecule has 2 aliphatic rings. The van der Waals surface area contributed by atoms with Crippen molar-refractivity contribution in [2.24, 2.45) is 11.1 Å². The van der Waals surface area contributed by atoms with Crippen LogP contribution in [0.25, 0.3) is 0 Å². The molecular weight excluding hydrogens is 226 g/mol. The minimum Gasteiger partial charge on any atom is -0.462 e. The van der Waals surface area contributed by atoms with Crippen LogP contribution in [-0.4, -0.2) is 18.6 Å². The van der Waals surface area contributed by atoms with Crippen LogP contribution in [-0.2, 0) is 9.53 Å². The number of nitrogens with two attached hydrogens (primary N) is 1. The monoisotopic (exact) mass is 253 g/mol. The zero-order valence-corrected chi connectivity index (χ0v) is 11.5. The molecule has 0 unspecified atom stereocenters. The van der Waals surface area contributed by atoms with Gasteiger partial charge in [0.05, 0.1) is 5.41 Å². The fraction of sp³-hybridized carbons (Fsp3) is 0.933. The molecule has 0 heterocycles. The lowest BCUT2D eigenvalue weighted by molar-refractivity contribution is -0.163. The Morgan fingerprint density at radius 3 is 2.11 bits per heavy atom. The zero-order chi connectivity index (χ0) is 12.8. The van der Waals surface area contributed by atoms with E-state index in [2.05, 4.69) is 0 Å². The fourth-order valence-corrected chi connectivity index (χ4v) is 3.36. The summed E-state index contributed by atoms with van der Waals surface area (Å²) in [7, 11) is 0. The summed E-state index contributed by atoms with van der Waals surface area (Å²) in [6.07, 6.45) is 12.6. The van der Waals surface area contributed by atoms with Gasteiger partial charge in [-0.3, -0.25) is 4.79 Å². The quantitative estimate of drug-likeness (QED) is 0.621. The van der Waals surface area contributed by atoms with Crippen LogP contribution in [0.3, 0.4) is 0 Å². The van der Waals surface area contributed by atoms with Gasteiger partial charge in [-0.25, -0.2) is 0 Å². The number of hydrogen-bond acceptors (Lipinski definition) is 3. The van der Waals surface area contributed by atoms with Crippen molar-refractivity contribution in [3.63, 3.8) is 0 Å². The Balaban J connectivity index is 1.91. The minimum absolute atomic E-state index is 0.00315. The summed E-state index contributed by atoms with van der Waals surface area (Å²) in [6, 6.07) is 0. The van der Waals surface area contributed by atoms with Crippen molar-refractivity contribution >= 4 is 5.97 Å². The van der Waals surface area contributed by atoms with E-state index in [9.17, 15) is 4.79 Å². The van der Waals surface area contributed by atoms with E-state index in [-0.39, 0.29) is 17.5 Å².